The number of nitrogen functional groups attached to an aromatic ring is 1. The second-order valence-electron chi connectivity index (χ2n) is 26.2. The number of methoxy groups -OCH3 is 2. The molecule has 111 heavy (non-hydrogen) atoms. The van der Waals surface area contributed by atoms with Crippen LogP contribution in [0.1, 0.15) is 101 Å². The van der Waals surface area contributed by atoms with Gasteiger partial charge in [-0.3, -0.25) is 33.9 Å². The molecule has 0 aliphatic rings. The topological polar surface area (TPSA) is 196 Å². The minimum atomic E-state index is -0.938. The first-order valence-electron chi connectivity index (χ1n) is 35.8. The molecule has 13 rings (SSSR count). The molecular weight excluding hydrogens is 1470 g/mol. The molecular formula is C94H90BrF4N3O9. The van der Waals surface area contributed by atoms with Gasteiger partial charge in [-0.15, -0.1) is 0 Å². The van der Waals surface area contributed by atoms with Crippen molar-refractivity contribution in [3.05, 3.63) is 398 Å². The van der Waals surface area contributed by atoms with E-state index in [1.807, 2.05) is 217 Å². The van der Waals surface area contributed by atoms with Crippen molar-refractivity contribution in [3.63, 3.8) is 0 Å². The number of ether oxygens (including phenoxy) is 2. The minimum Gasteiger partial charge on any atom is -0.481 e. The summed E-state index contributed by atoms with van der Waals surface area (Å²) in [5.41, 5.74) is 21.4. The molecule has 3 atom stereocenters. The molecule has 13 aromatic rings. The molecule has 0 radical (unpaired) electrons. The highest BCUT2D eigenvalue weighted by molar-refractivity contribution is 9.08. The van der Waals surface area contributed by atoms with Crippen molar-refractivity contribution in [2.24, 2.45) is 0 Å². The van der Waals surface area contributed by atoms with Gasteiger partial charge in [-0.25, -0.2) is 17.6 Å². The number of pyridine rings is 2. The number of aliphatic carboxylic acids is 2. The molecule has 4 N–H and O–H groups in total. The first kappa shape index (κ1) is 86.0. The van der Waals surface area contributed by atoms with E-state index >= 15 is 0 Å². The Balaban J connectivity index is 0.000000187. The molecule has 3 unspecified atom stereocenters. The highest BCUT2D eigenvalue weighted by atomic mass is 79.9. The number of carboxylic acid groups (broad SMARTS) is 2. The van der Waals surface area contributed by atoms with Gasteiger partial charge in [0.05, 0.1) is 49.9 Å². The summed E-state index contributed by atoms with van der Waals surface area (Å²) in [5.74, 6) is -4.88. The SMILES string of the molecule is COC(=O)C(Cc1ccccc1F)c1ccc(C)cc1.COC(=O)Cc1ccc(C)cc1.Cc1ccc(C(Cc2ccccc2F)C(=O)Cc2cccc3ncccc23)cc1.Cc1ccc(C(Cc2ccccc2F)C(=O)O)cc1.Cc1ccc(CC(=O)O)cc1.Fc1ccccc1CBr.Nc1cccc2ncccc12. The zero-order valence-corrected chi connectivity index (χ0v) is 64.6. The highest BCUT2D eigenvalue weighted by Crippen LogP contribution is 2.30. The molecule has 570 valence electrons. The minimum absolute atomic E-state index is 0.0773. The number of Topliss-reactive ketones (excluding diaryl/α,β-unsaturated/α-hetero) is 1. The van der Waals surface area contributed by atoms with Gasteiger partial charge >= 0.3 is 23.9 Å². The van der Waals surface area contributed by atoms with Gasteiger partial charge in [0.15, 0.2) is 0 Å². The third-order valence-electron chi connectivity index (χ3n) is 17.8. The summed E-state index contributed by atoms with van der Waals surface area (Å²) >= 11 is 3.17. The molecule has 0 saturated heterocycles. The van der Waals surface area contributed by atoms with Crippen molar-refractivity contribution < 1.29 is 61.2 Å². The summed E-state index contributed by atoms with van der Waals surface area (Å²) in [4.78, 5) is 66.4. The average molecular weight is 1560 g/mol. The number of hydrogen-bond acceptors (Lipinski definition) is 10. The monoisotopic (exact) mass is 1560 g/mol. The number of ketones is 1. The maximum atomic E-state index is 14.3. The quantitative estimate of drug-likeness (QED) is 0.0300. The van der Waals surface area contributed by atoms with Crippen LogP contribution in [0.15, 0.2) is 291 Å². The average Bonchev–Trinajstić information content (AvgIpc) is 0.823. The Hall–Kier alpha value is -12.2. The van der Waals surface area contributed by atoms with E-state index in [9.17, 15) is 46.6 Å². The Kier molecular flexibility index (Phi) is 34.8. The van der Waals surface area contributed by atoms with Crippen molar-refractivity contribution in [2.75, 3.05) is 20.0 Å². The zero-order valence-electron chi connectivity index (χ0n) is 63.0. The predicted octanol–water partition coefficient (Wildman–Crippen LogP) is 20.9. The van der Waals surface area contributed by atoms with Gasteiger partial charge in [-0.2, -0.15) is 0 Å². The number of fused-ring (bicyclic) bond motifs is 2. The number of aryl methyl sites for hydroxylation is 5. The van der Waals surface area contributed by atoms with Gasteiger partial charge in [0.2, 0.25) is 0 Å². The van der Waals surface area contributed by atoms with E-state index in [0.29, 0.717) is 52.4 Å². The first-order chi connectivity index (χ1) is 53.4. The largest absolute Gasteiger partial charge is 0.481 e. The van der Waals surface area contributed by atoms with Gasteiger partial charge in [0, 0.05) is 46.5 Å². The van der Waals surface area contributed by atoms with Crippen LogP contribution in [0.2, 0.25) is 0 Å². The Morgan fingerprint density at radius 1 is 0.378 bits per heavy atom. The van der Waals surface area contributed by atoms with Crippen molar-refractivity contribution in [1.82, 2.24) is 9.97 Å². The number of anilines is 1. The fourth-order valence-corrected chi connectivity index (χ4v) is 11.9. The van der Waals surface area contributed by atoms with Crippen molar-refractivity contribution in [1.29, 1.82) is 0 Å². The van der Waals surface area contributed by atoms with Gasteiger partial charge in [0.1, 0.15) is 29.1 Å². The molecule has 0 bridgehead atoms. The molecule has 12 nitrogen and oxygen atoms in total. The van der Waals surface area contributed by atoms with E-state index in [2.05, 4.69) is 30.6 Å². The molecule has 0 fully saturated rings. The normalized spacial score (nSPS) is 11.1. The molecule has 0 aliphatic carbocycles. The highest BCUT2D eigenvalue weighted by Gasteiger charge is 2.26. The third kappa shape index (κ3) is 28.4. The molecule has 0 amide bonds. The molecule has 2 aromatic heterocycles. The molecule has 0 spiro atoms. The number of benzene rings is 11. The van der Waals surface area contributed by atoms with Crippen LogP contribution < -0.4 is 5.73 Å². The van der Waals surface area contributed by atoms with Crippen molar-refractivity contribution in [2.45, 2.75) is 96.2 Å². The maximum absolute atomic E-state index is 14.3. The van der Waals surface area contributed by atoms with E-state index in [1.165, 1.54) is 44.0 Å². The van der Waals surface area contributed by atoms with Crippen molar-refractivity contribution >= 4 is 73.1 Å². The summed E-state index contributed by atoms with van der Waals surface area (Å²) in [7, 11) is 2.75. The number of carbonyl (C=O) groups is 5. The van der Waals surface area contributed by atoms with E-state index in [-0.39, 0.29) is 60.3 Å². The van der Waals surface area contributed by atoms with Crippen LogP contribution in [-0.2, 0) is 77.3 Å². The zero-order chi connectivity index (χ0) is 80.2. The van der Waals surface area contributed by atoms with Crippen LogP contribution in [0.4, 0.5) is 23.2 Å². The number of aromatic nitrogens is 2. The number of alkyl halides is 1. The van der Waals surface area contributed by atoms with Crippen LogP contribution in [0, 0.1) is 57.9 Å². The van der Waals surface area contributed by atoms with E-state index in [0.717, 1.165) is 77.6 Å². The fourth-order valence-electron chi connectivity index (χ4n) is 11.5. The lowest BCUT2D eigenvalue weighted by atomic mass is 9.85. The van der Waals surface area contributed by atoms with E-state index in [4.69, 9.17) is 15.6 Å². The molecule has 11 aromatic carbocycles. The van der Waals surface area contributed by atoms with E-state index < -0.39 is 29.7 Å². The lowest BCUT2D eigenvalue weighted by molar-refractivity contribution is -0.142. The molecule has 0 aliphatic heterocycles. The molecule has 17 heteroatoms. The number of carbonyl (C=O) groups excluding carboxylic acids is 3. The second kappa shape index (κ2) is 44.9. The van der Waals surface area contributed by atoms with Crippen molar-refractivity contribution in [3.8, 4) is 0 Å². The Morgan fingerprint density at radius 3 is 1.12 bits per heavy atom. The van der Waals surface area contributed by atoms with Crippen LogP contribution in [-0.4, -0.2) is 64.1 Å². The maximum Gasteiger partial charge on any atom is 0.313 e. The Bertz CT molecular complexity index is 5110. The Morgan fingerprint density at radius 2 is 0.730 bits per heavy atom. The van der Waals surface area contributed by atoms with Crippen LogP contribution >= 0.6 is 15.9 Å². The number of carboxylic acids is 2. The van der Waals surface area contributed by atoms with Gasteiger partial charge in [-0.05, 0) is 170 Å². The third-order valence-corrected chi connectivity index (χ3v) is 18.4. The van der Waals surface area contributed by atoms with E-state index in [1.54, 1.807) is 85.2 Å². The number of hydrogen-bond donors (Lipinski definition) is 3. The summed E-state index contributed by atoms with van der Waals surface area (Å²) in [5, 5.41) is 20.4. The van der Waals surface area contributed by atoms with Crippen LogP contribution in [0.3, 0.4) is 0 Å². The van der Waals surface area contributed by atoms with Crippen LogP contribution in [0.25, 0.3) is 21.8 Å². The molecule has 0 saturated carbocycles. The lowest BCUT2D eigenvalue weighted by Crippen LogP contribution is -2.18. The summed E-state index contributed by atoms with van der Waals surface area (Å²) in [6.45, 7) is 9.93. The number of halogens is 5. The smallest absolute Gasteiger partial charge is 0.313 e. The van der Waals surface area contributed by atoms with Gasteiger partial charge in [-0.1, -0.05) is 262 Å². The number of nitrogens with zero attached hydrogens (tertiary/aromatic N) is 2. The second-order valence-corrected chi connectivity index (χ2v) is 26.8. The lowest BCUT2D eigenvalue weighted by Gasteiger charge is -2.18. The predicted molar refractivity (Wildman–Crippen MR) is 437 cm³/mol. The Labute approximate surface area is 654 Å². The van der Waals surface area contributed by atoms with Gasteiger partial charge < -0.3 is 25.4 Å². The number of nitrogens with two attached hydrogens (primary N) is 1. The van der Waals surface area contributed by atoms with Crippen LogP contribution in [0.5, 0.6) is 0 Å². The number of rotatable bonds is 19. The summed E-state index contributed by atoms with van der Waals surface area (Å²) in [6.07, 6.45) is 5.07. The fraction of sp³-hybridized carbons (Fsp3) is 0.181. The summed E-state index contributed by atoms with van der Waals surface area (Å²) < 4.78 is 63.6. The standard InChI is InChI=1S/C26H22FNO.C17H17FO2.C16H15FO2.C10H12O2.C9H8N2.C9H10O2.C7H6BrF/c1-18-11-13-19(14-12-18)23(16-21-6-2-3-9-24(21)27)26(29)17-20-7-4-10-25-22(20)8-5-15-28-25;1-12-7-9-13(10-8-12)15(17(19)20-2)11-14-5-3-4-6-16(14)18;1-11-6-8-12(9-7-11)14(16(18)19)10-13-4-2-3-5-15(13)17;1-8-3-5-9(6-4-8)7-10(11)12-2;10-8-4-1-5-9-7(8)3-2-6-11-9;1-7-2-4-8(5-3-7)6-9(10)11;8-5-6-3-1-2-4-7(6)9/h2-15,23H,16-17H2,1H3;3-10,15H,11H2,1-2H3;2-9,14H,10H2,1H3,(H,18,19);3-6H,7H2,1-2H3;1-6H,10H2;2-5H,6H2,1H3,(H,10,11);1-4H,5H2. The first-order valence-corrected chi connectivity index (χ1v) is 36.9. The van der Waals surface area contributed by atoms with Gasteiger partial charge in [0.25, 0.3) is 0 Å². The molecule has 2 heterocycles. The summed E-state index contributed by atoms with van der Waals surface area (Å²) in [6, 6.07) is 83.7. The number of esters is 2.